The van der Waals surface area contributed by atoms with Crippen LogP contribution in [0.4, 0.5) is 35.1 Å². The van der Waals surface area contributed by atoms with Crippen molar-refractivity contribution in [2.24, 2.45) is 5.92 Å². The highest BCUT2D eigenvalue weighted by atomic mass is 19.3. The number of ether oxygens (including phenoxy) is 1. The molecule has 0 radical (unpaired) electrons. The lowest BCUT2D eigenvalue weighted by Gasteiger charge is -2.20. The minimum atomic E-state index is -4.72. The fourth-order valence-electron chi connectivity index (χ4n) is 4.91. The summed E-state index contributed by atoms with van der Waals surface area (Å²) in [5.74, 6) is -9.04. The van der Waals surface area contributed by atoms with Gasteiger partial charge in [0, 0.05) is 17.7 Å². The van der Waals surface area contributed by atoms with Gasteiger partial charge in [0.05, 0.1) is 5.56 Å². The number of hydrogen-bond acceptors (Lipinski definition) is 1. The fourth-order valence-corrected chi connectivity index (χ4v) is 4.91. The van der Waals surface area contributed by atoms with Crippen molar-refractivity contribution in [3.8, 4) is 28.0 Å². The average molecular weight is 548 g/mol. The number of rotatable bonds is 5. The Bertz CT molecular complexity index is 1540. The predicted octanol–water partition coefficient (Wildman–Crippen LogP) is 9.03. The third kappa shape index (κ3) is 4.97. The van der Waals surface area contributed by atoms with E-state index in [1.54, 1.807) is 6.07 Å². The van der Waals surface area contributed by atoms with Gasteiger partial charge in [-0.25, -0.2) is 26.3 Å². The lowest BCUT2D eigenvalue weighted by molar-refractivity contribution is -0.189. The molecule has 0 aliphatic heterocycles. The van der Waals surface area contributed by atoms with Crippen LogP contribution in [0.3, 0.4) is 0 Å². The molecule has 4 aromatic carbocycles. The van der Waals surface area contributed by atoms with E-state index in [4.69, 9.17) is 0 Å². The largest absolute Gasteiger partial charge is 0.432 e. The number of fused-ring (bicyclic) bond motifs is 1. The highest BCUT2D eigenvalue weighted by molar-refractivity contribution is 5.73. The van der Waals surface area contributed by atoms with Crippen LogP contribution in [0.2, 0.25) is 0 Å². The van der Waals surface area contributed by atoms with Gasteiger partial charge >= 0.3 is 6.11 Å². The molecule has 1 aliphatic rings. The highest BCUT2D eigenvalue weighted by Crippen LogP contribution is 2.39. The molecule has 1 atom stereocenters. The minimum absolute atomic E-state index is 0.200. The molecule has 9 heteroatoms. The van der Waals surface area contributed by atoms with Crippen molar-refractivity contribution in [3.05, 3.63) is 112 Å². The molecule has 0 amide bonds. The van der Waals surface area contributed by atoms with Crippen LogP contribution in [0.15, 0.2) is 54.6 Å². The minimum Gasteiger partial charge on any atom is -0.429 e. The zero-order valence-electron chi connectivity index (χ0n) is 20.6. The summed E-state index contributed by atoms with van der Waals surface area (Å²) in [5.41, 5.74) is -0.847. The van der Waals surface area contributed by atoms with Crippen molar-refractivity contribution >= 4 is 0 Å². The third-order valence-electron chi connectivity index (χ3n) is 6.84. The van der Waals surface area contributed by atoms with Gasteiger partial charge in [0.15, 0.2) is 0 Å². The van der Waals surface area contributed by atoms with Gasteiger partial charge < -0.3 is 4.74 Å². The van der Waals surface area contributed by atoms with E-state index in [1.807, 2.05) is 12.1 Å². The molecular formula is C30H20F8O. The molecule has 5 rings (SSSR count). The molecule has 0 bridgehead atoms. The van der Waals surface area contributed by atoms with Crippen molar-refractivity contribution in [3.63, 3.8) is 0 Å². The number of alkyl halides is 2. The summed E-state index contributed by atoms with van der Waals surface area (Å²) in [6.45, 7) is 3.16. The molecule has 0 heterocycles. The van der Waals surface area contributed by atoms with Gasteiger partial charge in [0.1, 0.15) is 46.2 Å². The predicted molar refractivity (Wildman–Crippen MR) is 129 cm³/mol. The standard InChI is InChI=1S/C30H20F8O/c1-14-5-16-3-4-17(7-18(16)6-14)19-8-24(33)28(25(34)9-19)20-10-26(35)29(27(36)11-20)30(37,38)39-21-12-22(31)15(2)23(32)13-21/h3-4,7-14H,5-6H2,1-2H3. The Morgan fingerprint density at radius 1 is 0.641 bits per heavy atom. The van der Waals surface area contributed by atoms with Crippen LogP contribution < -0.4 is 4.74 Å². The summed E-state index contributed by atoms with van der Waals surface area (Å²) >= 11 is 0. The maximum Gasteiger partial charge on any atom is 0.432 e. The lowest BCUT2D eigenvalue weighted by Crippen LogP contribution is -2.25. The van der Waals surface area contributed by atoms with Crippen LogP contribution in [0.1, 0.15) is 29.2 Å². The molecule has 0 aromatic heterocycles. The first-order chi connectivity index (χ1) is 18.3. The zero-order chi connectivity index (χ0) is 28.2. The van der Waals surface area contributed by atoms with Crippen LogP contribution in [0, 0.1) is 47.7 Å². The molecule has 1 nitrogen and oxygen atoms in total. The second-order valence-corrected chi connectivity index (χ2v) is 9.76. The molecule has 0 saturated carbocycles. The summed E-state index contributed by atoms with van der Waals surface area (Å²) in [4.78, 5) is 0. The smallest absolute Gasteiger partial charge is 0.429 e. The van der Waals surface area contributed by atoms with E-state index < -0.39 is 69.0 Å². The molecule has 4 aromatic rings. The summed E-state index contributed by atoms with van der Waals surface area (Å²) in [6, 6.07) is 9.01. The van der Waals surface area contributed by atoms with Crippen molar-refractivity contribution in [2.75, 3.05) is 0 Å². The van der Waals surface area contributed by atoms with Crippen LogP contribution >= 0.6 is 0 Å². The Balaban J connectivity index is 1.48. The lowest BCUT2D eigenvalue weighted by atomic mass is 9.96. The van der Waals surface area contributed by atoms with Crippen LogP contribution in [0.5, 0.6) is 5.75 Å². The number of halogens is 8. The quantitative estimate of drug-likeness (QED) is 0.226. The van der Waals surface area contributed by atoms with E-state index in [-0.39, 0.29) is 5.56 Å². The van der Waals surface area contributed by atoms with Crippen molar-refractivity contribution in [2.45, 2.75) is 32.8 Å². The molecule has 0 spiro atoms. The fraction of sp³-hybridized carbons (Fsp3) is 0.200. The summed E-state index contributed by atoms with van der Waals surface area (Å²) in [6.07, 6.45) is -2.97. The van der Waals surface area contributed by atoms with E-state index >= 15 is 8.78 Å². The normalized spacial score (nSPS) is 15.0. The Labute approximate surface area is 218 Å². The van der Waals surface area contributed by atoms with E-state index in [0.29, 0.717) is 35.7 Å². The van der Waals surface area contributed by atoms with Crippen molar-refractivity contribution < 1.29 is 39.9 Å². The van der Waals surface area contributed by atoms with Gasteiger partial charge in [-0.2, -0.15) is 8.78 Å². The van der Waals surface area contributed by atoms with E-state index in [2.05, 4.69) is 11.7 Å². The molecule has 0 saturated heterocycles. The van der Waals surface area contributed by atoms with Gasteiger partial charge in [0.2, 0.25) is 0 Å². The van der Waals surface area contributed by atoms with E-state index in [9.17, 15) is 26.3 Å². The van der Waals surface area contributed by atoms with Crippen LogP contribution in [-0.2, 0) is 19.0 Å². The first kappa shape index (κ1) is 26.7. The number of hydrogen-bond donors (Lipinski definition) is 0. The van der Waals surface area contributed by atoms with Gasteiger partial charge in [-0.15, -0.1) is 0 Å². The Morgan fingerprint density at radius 3 is 1.77 bits per heavy atom. The molecule has 39 heavy (non-hydrogen) atoms. The monoisotopic (exact) mass is 548 g/mol. The number of benzene rings is 4. The van der Waals surface area contributed by atoms with Crippen LogP contribution in [0.25, 0.3) is 22.3 Å². The Morgan fingerprint density at radius 2 is 1.18 bits per heavy atom. The van der Waals surface area contributed by atoms with Gasteiger partial charge in [-0.1, -0.05) is 25.1 Å². The maximum absolute atomic E-state index is 15.1. The second kappa shape index (κ2) is 9.70. The van der Waals surface area contributed by atoms with Crippen molar-refractivity contribution in [1.29, 1.82) is 0 Å². The van der Waals surface area contributed by atoms with Gasteiger partial charge in [-0.3, -0.25) is 0 Å². The molecule has 0 N–H and O–H groups in total. The van der Waals surface area contributed by atoms with Crippen LogP contribution in [-0.4, -0.2) is 0 Å². The molecular weight excluding hydrogens is 528 g/mol. The maximum atomic E-state index is 15.1. The molecule has 1 aliphatic carbocycles. The first-order valence-corrected chi connectivity index (χ1v) is 12.0. The molecule has 1 unspecified atom stereocenters. The second-order valence-electron chi connectivity index (χ2n) is 9.76. The average Bonchev–Trinajstić information content (AvgIpc) is 3.20. The summed E-state index contributed by atoms with van der Waals surface area (Å²) in [5, 5.41) is 0. The van der Waals surface area contributed by atoms with Gasteiger partial charge in [-0.05, 0) is 77.8 Å². The van der Waals surface area contributed by atoms with Gasteiger partial charge in [0.25, 0.3) is 0 Å². The summed E-state index contributed by atoms with van der Waals surface area (Å²) < 4.78 is 121. The third-order valence-corrected chi connectivity index (χ3v) is 6.84. The van der Waals surface area contributed by atoms with Crippen molar-refractivity contribution in [1.82, 2.24) is 0 Å². The first-order valence-electron chi connectivity index (χ1n) is 12.0. The zero-order valence-corrected chi connectivity index (χ0v) is 20.6. The highest BCUT2D eigenvalue weighted by Gasteiger charge is 2.41. The molecule has 0 fully saturated rings. The Kier molecular flexibility index (Phi) is 6.64. The SMILES string of the molecule is Cc1c(F)cc(OC(F)(F)c2c(F)cc(-c3c(F)cc(-c4ccc5c(c4)CC(C)C5)cc3F)cc2F)cc1F. The van der Waals surface area contributed by atoms with E-state index in [1.165, 1.54) is 0 Å². The molecule has 202 valence electrons. The Hall–Kier alpha value is -3.88. The topological polar surface area (TPSA) is 9.23 Å². The summed E-state index contributed by atoms with van der Waals surface area (Å²) in [7, 11) is 0. The van der Waals surface area contributed by atoms with E-state index in [0.717, 1.165) is 43.0 Å².